The van der Waals surface area contributed by atoms with E-state index in [1.807, 2.05) is 49.3 Å². The zero-order chi connectivity index (χ0) is 13.8. The number of nitriles is 1. The van der Waals surface area contributed by atoms with Crippen molar-refractivity contribution in [3.8, 4) is 6.07 Å². The summed E-state index contributed by atoms with van der Waals surface area (Å²) in [5.74, 6) is -0.162. The Bertz CT molecular complexity index is 534. The van der Waals surface area contributed by atoms with Crippen LogP contribution in [0.1, 0.15) is 12.0 Å². The molecule has 0 aromatic heterocycles. The Morgan fingerprint density at radius 3 is 2.37 bits per heavy atom. The highest BCUT2D eigenvalue weighted by Gasteiger charge is 2.23. The minimum atomic E-state index is -0.162. The Labute approximate surface area is 113 Å². The fraction of sp³-hybridized carbons (Fsp3) is 0.333. The van der Waals surface area contributed by atoms with Crippen LogP contribution < -0.4 is 4.90 Å². The first-order valence-corrected chi connectivity index (χ1v) is 6.30. The quantitative estimate of drug-likeness (QED) is 0.612. The van der Waals surface area contributed by atoms with E-state index in [9.17, 15) is 4.79 Å². The van der Waals surface area contributed by atoms with E-state index in [1.165, 1.54) is 0 Å². The van der Waals surface area contributed by atoms with Gasteiger partial charge in [-0.1, -0.05) is 12.1 Å². The predicted octanol–water partition coefficient (Wildman–Crippen LogP) is 1.89. The Balaban J connectivity index is 2.18. The van der Waals surface area contributed by atoms with Gasteiger partial charge in [-0.25, -0.2) is 0 Å². The van der Waals surface area contributed by atoms with Gasteiger partial charge in [-0.3, -0.25) is 4.79 Å². The van der Waals surface area contributed by atoms with E-state index in [2.05, 4.69) is 0 Å². The number of nitrogens with zero attached hydrogens (tertiary/aromatic N) is 3. The Morgan fingerprint density at radius 2 is 1.95 bits per heavy atom. The summed E-state index contributed by atoms with van der Waals surface area (Å²) in [6, 6.07) is 9.76. The molecule has 0 saturated carbocycles. The number of rotatable bonds is 3. The smallest absolute Gasteiger partial charge is 0.264 e. The van der Waals surface area contributed by atoms with Gasteiger partial charge in [0, 0.05) is 32.9 Å². The number of carbonyl (C=O) groups excluding carboxylic acids is 1. The van der Waals surface area contributed by atoms with Crippen LogP contribution in [-0.4, -0.2) is 38.0 Å². The molecule has 2 rings (SSSR count). The summed E-state index contributed by atoms with van der Waals surface area (Å²) >= 11 is 0. The fourth-order valence-corrected chi connectivity index (χ4v) is 1.87. The van der Waals surface area contributed by atoms with Crippen LogP contribution >= 0.6 is 0 Å². The molecule has 19 heavy (non-hydrogen) atoms. The third kappa shape index (κ3) is 2.94. The summed E-state index contributed by atoms with van der Waals surface area (Å²) in [5.41, 5.74) is 2.16. The maximum atomic E-state index is 12.0. The summed E-state index contributed by atoms with van der Waals surface area (Å²) in [4.78, 5) is 15.7. The molecule has 0 unspecified atom stereocenters. The molecular weight excluding hydrogens is 238 g/mol. The van der Waals surface area contributed by atoms with Gasteiger partial charge < -0.3 is 9.80 Å². The van der Waals surface area contributed by atoms with E-state index in [0.29, 0.717) is 0 Å². The molecule has 4 nitrogen and oxygen atoms in total. The van der Waals surface area contributed by atoms with Crippen molar-refractivity contribution in [3.05, 3.63) is 35.4 Å². The molecule has 1 saturated heterocycles. The van der Waals surface area contributed by atoms with Gasteiger partial charge in [-0.05, 0) is 30.2 Å². The number of carbonyl (C=O) groups is 1. The summed E-state index contributed by atoms with van der Waals surface area (Å²) in [7, 11) is 3.94. The molecule has 0 N–H and O–H groups in total. The normalized spacial score (nSPS) is 14.6. The zero-order valence-electron chi connectivity index (χ0n) is 11.3. The second-order valence-electron chi connectivity index (χ2n) is 4.80. The third-order valence-electron chi connectivity index (χ3n) is 3.21. The van der Waals surface area contributed by atoms with Gasteiger partial charge in [-0.15, -0.1) is 0 Å². The van der Waals surface area contributed by atoms with Gasteiger partial charge >= 0.3 is 0 Å². The average molecular weight is 255 g/mol. The molecule has 4 heteroatoms. The average Bonchev–Trinajstić information content (AvgIpc) is 2.34. The van der Waals surface area contributed by atoms with Gasteiger partial charge in [0.15, 0.2) is 0 Å². The number of benzene rings is 1. The van der Waals surface area contributed by atoms with Gasteiger partial charge in [0.1, 0.15) is 11.6 Å². The Kier molecular flexibility index (Phi) is 3.86. The minimum Gasteiger partial charge on any atom is -0.378 e. The number of hydrogen-bond acceptors (Lipinski definition) is 3. The first kappa shape index (κ1) is 13.2. The first-order valence-electron chi connectivity index (χ1n) is 6.30. The van der Waals surface area contributed by atoms with Crippen molar-refractivity contribution in [1.82, 2.24) is 4.90 Å². The first-order chi connectivity index (χ1) is 9.11. The zero-order valence-corrected chi connectivity index (χ0v) is 11.3. The Hall–Kier alpha value is -2.28. The second-order valence-corrected chi connectivity index (χ2v) is 4.80. The van der Waals surface area contributed by atoms with Crippen molar-refractivity contribution in [3.63, 3.8) is 0 Å². The lowest BCUT2D eigenvalue weighted by atomic mass is 10.1. The molecule has 0 aliphatic carbocycles. The highest BCUT2D eigenvalue weighted by atomic mass is 16.2. The van der Waals surface area contributed by atoms with Crippen LogP contribution in [0.25, 0.3) is 6.08 Å². The van der Waals surface area contributed by atoms with Gasteiger partial charge in [0.2, 0.25) is 0 Å². The molecule has 1 aromatic rings. The molecule has 0 radical (unpaired) electrons. The Morgan fingerprint density at radius 1 is 1.32 bits per heavy atom. The van der Waals surface area contributed by atoms with Crippen molar-refractivity contribution in [1.29, 1.82) is 5.26 Å². The molecule has 0 atom stereocenters. The lowest BCUT2D eigenvalue weighted by molar-refractivity contribution is -0.129. The van der Waals surface area contributed by atoms with Gasteiger partial charge in [0.05, 0.1) is 0 Å². The number of likely N-dealkylation sites (tertiary alicyclic amines) is 1. The molecule has 0 spiro atoms. The standard InChI is InChI=1S/C15H17N3O/c1-17(2)14-6-4-12(5-7-14)10-13(11-16)15(19)18-8-3-9-18/h4-7,10H,3,8-9H2,1-2H3/b13-10+. The van der Waals surface area contributed by atoms with E-state index in [-0.39, 0.29) is 11.5 Å². The number of anilines is 1. The van der Waals surface area contributed by atoms with E-state index >= 15 is 0 Å². The molecule has 0 bridgehead atoms. The predicted molar refractivity (Wildman–Crippen MR) is 75.6 cm³/mol. The molecule has 1 aliphatic heterocycles. The molecular formula is C15H17N3O. The van der Waals surface area contributed by atoms with Crippen molar-refractivity contribution in [2.75, 3.05) is 32.1 Å². The van der Waals surface area contributed by atoms with Gasteiger partial charge in [-0.2, -0.15) is 5.26 Å². The molecule has 1 fully saturated rings. The van der Waals surface area contributed by atoms with Crippen LogP contribution in [0.4, 0.5) is 5.69 Å². The summed E-state index contributed by atoms with van der Waals surface area (Å²) in [5, 5.41) is 9.10. The fourth-order valence-electron chi connectivity index (χ4n) is 1.87. The molecule has 1 aliphatic rings. The van der Waals surface area contributed by atoms with Crippen LogP contribution in [-0.2, 0) is 4.79 Å². The molecule has 1 heterocycles. The SMILES string of the molecule is CN(C)c1ccc(/C=C(\C#N)C(=O)N2CCC2)cc1. The van der Waals surface area contributed by atoms with Crippen LogP contribution in [0.2, 0.25) is 0 Å². The van der Waals surface area contributed by atoms with Crippen molar-refractivity contribution in [2.24, 2.45) is 0 Å². The minimum absolute atomic E-state index is 0.162. The summed E-state index contributed by atoms with van der Waals surface area (Å²) in [6.45, 7) is 1.52. The monoisotopic (exact) mass is 255 g/mol. The summed E-state index contributed by atoms with van der Waals surface area (Å²) < 4.78 is 0. The van der Waals surface area contributed by atoms with E-state index < -0.39 is 0 Å². The van der Waals surface area contributed by atoms with Crippen LogP contribution in [0.15, 0.2) is 29.8 Å². The largest absolute Gasteiger partial charge is 0.378 e. The van der Waals surface area contributed by atoms with Crippen LogP contribution in [0.3, 0.4) is 0 Å². The van der Waals surface area contributed by atoms with Crippen molar-refractivity contribution >= 4 is 17.7 Å². The van der Waals surface area contributed by atoms with Crippen molar-refractivity contribution < 1.29 is 4.79 Å². The van der Waals surface area contributed by atoms with Gasteiger partial charge in [0.25, 0.3) is 5.91 Å². The maximum absolute atomic E-state index is 12.0. The maximum Gasteiger partial charge on any atom is 0.264 e. The van der Waals surface area contributed by atoms with Crippen LogP contribution in [0.5, 0.6) is 0 Å². The highest BCUT2D eigenvalue weighted by Crippen LogP contribution is 2.17. The van der Waals surface area contributed by atoms with E-state index in [1.54, 1.807) is 11.0 Å². The van der Waals surface area contributed by atoms with Crippen LogP contribution in [0, 0.1) is 11.3 Å². The van der Waals surface area contributed by atoms with E-state index in [4.69, 9.17) is 5.26 Å². The topological polar surface area (TPSA) is 47.3 Å². The number of hydrogen-bond donors (Lipinski definition) is 0. The summed E-state index contributed by atoms with van der Waals surface area (Å²) in [6.07, 6.45) is 2.68. The van der Waals surface area contributed by atoms with Crippen molar-refractivity contribution in [2.45, 2.75) is 6.42 Å². The highest BCUT2D eigenvalue weighted by molar-refractivity contribution is 6.02. The number of amides is 1. The molecule has 1 aromatic carbocycles. The third-order valence-corrected chi connectivity index (χ3v) is 3.21. The molecule has 98 valence electrons. The lowest BCUT2D eigenvalue weighted by Crippen LogP contribution is -2.42. The second kappa shape index (κ2) is 5.57. The van der Waals surface area contributed by atoms with E-state index in [0.717, 1.165) is 30.8 Å². The lowest BCUT2D eigenvalue weighted by Gasteiger charge is -2.30. The molecule has 1 amide bonds.